The Morgan fingerprint density at radius 1 is 0.282 bits per heavy atom. The predicted molar refractivity (Wildman–Crippen MR) is 301 cm³/mol. The van der Waals surface area contributed by atoms with Crippen molar-refractivity contribution in [2.75, 3.05) is 4.90 Å². The molecule has 0 spiro atoms. The van der Waals surface area contributed by atoms with Gasteiger partial charge >= 0.3 is 0 Å². The summed E-state index contributed by atoms with van der Waals surface area (Å²) in [5.74, 6) is 0. The molecule has 0 saturated carbocycles. The molecule has 0 aliphatic heterocycles. The number of anilines is 3. The molecule has 334 valence electrons. The van der Waals surface area contributed by atoms with Gasteiger partial charge in [0.2, 0.25) is 0 Å². The lowest BCUT2D eigenvalue weighted by Gasteiger charge is -2.35. The normalized spacial score (nSPS) is 13.8. The summed E-state index contributed by atoms with van der Waals surface area (Å²) in [6, 6.07) is 103. The Kier molecular flexibility index (Phi) is 10.4. The molecule has 0 N–H and O–H groups in total. The lowest BCUT2D eigenvalue weighted by molar-refractivity contribution is 0.714. The van der Waals surface area contributed by atoms with Crippen molar-refractivity contribution in [1.29, 1.82) is 0 Å². The van der Waals surface area contributed by atoms with Crippen molar-refractivity contribution in [2.24, 2.45) is 0 Å². The van der Waals surface area contributed by atoms with E-state index < -0.39 is 5.41 Å². The van der Waals surface area contributed by atoms with Gasteiger partial charge in [-0.25, -0.2) is 0 Å². The van der Waals surface area contributed by atoms with Crippen LogP contribution in [-0.2, 0) is 5.41 Å². The van der Waals surface area contributed by atoms with Crippen molar-refractivity contribution < 1.29 is 0 Å². The van der Waals surface area contributed by atoms with Crippen LogP contribution in [0.5, 0.6) is 0 Å². The topological polar surface area (TPSA) is 3.24 Å². The molecule has 0 fully saturated rings. The lowest BCUT2D eigenvalue weighted by atomic mass is 9.73. The molecule has 1 aliphatic carbocycles. The molecule has 1 atom stereocenters. The SMILES string of the molecule is CC1(c2ccccc2)c2ccccc2-c2cccc(N(c3ccc(-c4ccc5c(c4)c(-c4ccccc4)c(-c4ccccc4)c4ccccc45)cc3)c3cc(-c4ccccc4)cc(-c4ccccc4)c3)c21. The van der Waals surface area contributed by atoms with Gasteiger partial charge in [0.25, 0.3) is 0 Å². The average Bonchev–Trinajstić information content (AvgIpc) is 3.73. The van der Waals surface area contributed by atoms with Crippen LogP contribution in [-0.4, -0.2) is 0 Å². The van der Waals surface area contributed by atoms with Crippen molar-refractivity contribution in [2.45, 2.75) is 12.3 Å². The van der Waals surface area contributed by atoms with Gasteiger partial charge in [0, 0.05) is 16.8 Å². The molecule has 1 unspecified atom stereocenters. The van der Waals surface area contributed by atoms with E-state index in [0.29, 0.717) is 0 Å². The summed E-state index contributed by atoms with van der Waals surface area (Å²) in [4.78, 5) is 2.51. The number of hydrogen-bond donors (Lipinski definition) is 0. The van der Waals surface area contributed by atoms with Crippen LogP contribution in [0.1, 0.15) is 23.6 Å². The van der Waals surface area contributed by atoms with Gasteiger partial charge in [0.1, 0.15) is 0 Å². The smallest absolute Gasteiger partial charge is 0.0512 e. The van der Waals surface area contributed by atoms with E-state index in [1.165, 1.54) is 88.3 Å². The molecule has 0 saturated heterocycles. The van der Waals surface area contributed by atoms with Crippen LogP contribution in [0.4, 0.5) is 17.1 Å². The van der Waals surface area contributed by atoms with Gasteiger partial charge < -0.3 is 4.90 Å². The Balaban J connectivity index is 1.04. The quantitative estimate of drug-likeness (QED) is 0.130. The first-order chi connectivity index (χ1) is 35.1. The summed E-state index contributed by atoms with van der Waals surface area (Å²) in [5, 5.41) is 5.00. The molecular weight excluding hydrogens is 855 g/mol. The van der Waals surface area contributed by atoms with Gasteiger partial charge in [-0.1, -0.05) is 237 Å². The zero-order chi connectivity index (χ0) is 47.3. The first-order valence-electron chi connectivity index (χ1n) is 24.7. The number of fused-ring (bicyclic) bond motifs is 6. The van der Waals surface area contributed by atoms with Crippen LogP contribution in [0.2, 0.25) is 0 Å². The maximum absolute atomic E-state index is 2.51. The summed E-state index contributed by atoms with van der Waals surface area (Å²) in [6.45, 7) is 2.42. The second-order valence-corrected chi connectivity index (χ2v) is 18.9. The van der Waals surface area contributed by atoms with Crippen molar-refractivity contribution in [1.82, 2.24) is 0 Å². The molecule has 12 aromatic rings. The second kappa shape index (κ2) is 17.5. The molecular formula is C70H49N. The zero-order valence-corrected chi connectivity index (χ0v) is 39.5. The highest BCUT2D eigenvalue weighted by molar-refractivity contribution is 6.22. The van der Waals surface area contributed by atoms with Gasteiger partial charge in [0.05, 0.1) is 5.69 Å². The number of benzene rings is 12. The van der Waals surface area contributed by atoms with E-state index in [2.05, 4.69) is 291 Å². The highest BCUT2D eigenvalue weighted by atomic mass is 15.1. The molecule has 12 aromatic carbocycles. The van der Waals surface area contributed by atoms with Crippen molar-refractivity contribution >= 4 is 38.6 Å². The molecule has 0 radical (unpaired) electrons. The molecule has 1 heteroatoms. The second-order valence-electron chi connectivity index (χ2n) is 18.9. The maximum Gasteiger partial charge on any atom is 0.0512 e. The van der Waals surface area contributed by atoms with Crippen LogP contribution < -0.4 is 4.90 Å². The summed E-state index contributed by atoms with van der Waals surface area (Å²) in [6.07, 6.45) is 0. The highest BCUT2D eigenvalue weighted by Gasteiger charge is 2.43. The molecule has 71 heavy (non-hydrogen) atoms. The fourth-order valence-electron chi connectivity index (χ4n) is 11.6. The minimum atomic E-state index is -0.425. The third-order valence-corrected chi connectivity index (χ3v) is 14.9. The summed E-state index contributed by atoms with van der Waals surface area (Å²) < 4.78 is 0. The zero-order valence-electron chi connectivity index (χ0n) is 39.5. The van der Waals surface area contributed by atoms with E-state index in [0.717, 1.165) is 33.8 Å². The molecule has 13 rings (SSSR count). The fraction of sp³-hybridized carbons (Fsp3) is 0.0286. The lowest BCUT2D eigenvalue weighted by Crippen LogP contribution is -2.25. The average molecular weight is 904 g/mol. The molecule has 1 aliphatic rings. The van der Waals surface area contributed by atoms with E-state index >= 15 is 0 Å². The Morgan fingerprint density at radius 3 is 1.37 bits per heavy atom. The number of hydrogen-bond acceptors (Lipinski definition) is 1. The van der Waals surface area contributed by atoms with Crippen LogP contribution in [0.15, 0.2) is 279 Å². The third kappa shape index (κ3) is 7.17. The van der Waals surface area contributed by atoms with E-state index in [1.807, 2.05) is 0 Å². The van der Waals surface area contributed by atoms with Gasteiger partial charge in [-0.2, -0.15) is 0 Å². The predicted octanol–water partition coefficient (Wildman–Crippen LogP) is 19.1. The van der Waals surface area contributed by atoms with Crippen molar-refractivity contribution in [3.8, 4) is 66.8 Å². The van der Waals surface area contributed by atoms with E-state index in [-0.39, 0.29) is 0 Å². The molecule has 0 amide bonds. The highest BCUT2D eigenvalue weighted by Crippen LogP contribution is 2.57. The Bertz CT molecular complexity index is 3840. The fourth-order valence-corrected chi connectivity index (χ4v) is 11.6. The molecule has 0 aromatic heterocycles. The van der Waals surface area contributed by atoms with Gasteiger partial charge in [0.15, 0.2) is 0 Å². The molecule has 0 heterocycles. The molecule has 1 nitrogen and oxygen atoms in total. The third-order valence-electron chi connectivity index (χ3n) is 14.9. The van der Waals surface area contributed by atoms with Gasteiger partial charge in [-0.3, -0.25) is 0 Å². The first-order valence-corrected chi connectivity index (χ1v) is 24.7. The van der Waals surface area contributed by atoms with E-state index in [9.17, 15) is 0 Å². The monoisotopic (exact) mass is 903 g/mol. The maximum atomic E-state index is 2.51. The largest absolute Gasteiger partial charge is 0.310 e. The van der Waals surface area contributed by atoms with Crippen LogP contribution in [0, 0.1) is 0 Å². The van der Waals surface area contributed by atoms with E-state index in [1.54, 1.807) is 0 Å². The Labute approximate surface area is 416 Å². The minimum Gasteiger partial charge on any atom is -0.310 e. The van der Waals surface area contributed by atoms with E-state index in [4.69, 9.17) is 0 Å². The summed E-state index contributed by atoms with van der Waals surface area (Å²) >= 11 is 0. The van der Waals surface area contributed by atoms with Crippen LogP contribution in [0.3, 0.4) is 0 Å². The minimum absolute atomic E-state index is 0.425. The van der Waals surface area contributed by atoms with Gasteiger partial charge in [-0.05, 0) is 154 Å². The standard InChI is InChI=1S/C70H49N/c1-70(56-30-15-6-16-31-56)65-36-20-19-33-61(65)63-35-21-37-66(69(63)70)71(58-45-54(48-22-7-2-8-23-48)44-55(46-58)49-24-9-3-10-25-49)57-41-38-50(39-42-57)53-40-43-60-59-32-17-18-34-62(59)67(51-26-11-4-12-27-51)68(64(60)47-53)52-28-13-5-14-29-52/h2-47H,1H3. The van der Waals surface area contributed by atoms with Crippen LogP contribution >= 0.6 is 0 Å². The van der Waals surface area contributed by atoms with Crippen LogP contribution in [0.25, 0.3) is 88.3 Å². The Hall–Kier alpha value is -9.04. The van der Waals surface area contributed by atoms with Crippen molar-refractivity contribution in [3.63, 3.8) is 0 Å². The Morgan fingerprint density at radius 2 is 0.746 bits per heavy atom. The summed E-state index contributed by atoms with van der Waals surface area (Å²) in [5.41, 5.74) is 21.3. The molecule has 0 bridgehead atoms. The van der Waals surface area contributed by atoms with Gasteiger partial charge in [-0.15, -0.1) is 0 Å². The number of nitrogens with zero attached hydrogens (tertiary/aromatic N) is 1. The summed E-state index contributed by atoms with van der Waals surface area (Å²) in [7, 11) is 0. The van der Waals surface area contributed by atoms with Crippen molar-refractivity contribution in [3.05, 3.63) is 296 Å². The first kappa shape index (κ1) is 42.1. The number of rotatable bonds is 9.